The topological polar surface area (TPSA) is 58.6 Å². The summed E-state index contributed by atoms with van der Waals surface area (Å²) < 4.78 is 4.65. The molecule has 0 spiro atoms. The molecular weight excluding hydrogens is 304 g/mol. The van der Waals surface area contributed by atoms with Crippen LogP contribution in [0.15, 0.2) is 30.3 Å². The summed E-state index contributed by atoms with van der Waals surface area (Å²) in [7, 11) is 1.35. The summed E-state index contributed by atoms with van der Waals surface area (Å²) in [6, 6.07) is 6.95. The van der Waals surface area contributed by atoms with E-state index in [-0.39, 0.29) is 11.9 Å². The maximum Gasteiger partial charge on any atom is 0.337 e. The monoisotopic (exact) mass is 330 g/mol. The second-order valence-electron chi connectivity index (χ2n) is 6.09. The zero-order valence-corrected chi connectivity index (χ0v) is 14.5. The number of hydrogen-bond donors (Lipinski definition) is 1. The number of amides is 1. The van der Waals surface area contributed by atoms with E-state index in [0.717, 1.165) is 25.2 Å². The van der Waals surface area contributed by atoms with Crippen molar-refractivity contribution in [3.05, 3.63) is 41.5 Å². The molecule has 1 amide bonds. The normalized spacial score (nSPS) is 18.5. The van der Waals surface area contributed by atoms with Crippen molar-refractivity contribution in [1.29, 1.82) is 0 Å². The lowest BCUT2D eigenvalue weighted by Crippen LogP contribution is -2.40. The van der Waals surface area contributed by atoms with E-state index in [1.165, 1.54) is 32.6 Å². The standard InChI is InChI=1S/C19H26N2O3/c1-3-21-12-4-5-16(14-21)13-20-18(22)11-8-15-6-9-17(10-7-15)19(23)24-2/h6-11,16H,3-5,12-14H2,1-2H3,(H,20,22)/b11-8+. The van der Waals surface area contributed by atoms with E-state index < -0.39 is 0 Å². The molecule has 24 heavy (non-hydrogen) atoms. The maximum atomic E-state index is 11.9. The van der Waals surface area contributed by atoms with Gasteiger partial charge in [0.1, 0.15) is 0 Å². The van der Waals surface area contributed by atoms with Gasteiger partial charge in [-0.15, -0.1) is 0 Å². The van der Waals surface area contributed by atoms with Gasteiger partial charge in [-0.25, -0.2) is 4.79 Å². The highest BCUT2D eigenvalue weighted by Gasteiger charge is 2.18. The van der Waals surface area contributed by atoms with Crippen LogP contribution < -0.4 is 5.32 Å². The van der Waals surface area contributed by atoms with Crippen LogP contribution >= 0.6 is 0 Å². The Labute approximate surface area is 143 Å². The molecule has 1 atom stereocenters. The first kappa shape index (κ1) is 18.2. The summed E-state index contributed by atoms with van der Waals surface area (Å²) in [6.45, 7) is 6.21. The van der Waals surface area contributed by atoms with Gasteiger partial charge in [-0.2, -0.15) is 0 Å². The summed E-state index contributed by atoms with van der Waals surface area (Å²) in [5.41, 5.74) is 1.37. The number of carbonyl (C=O) groups is 2. The van der Waals surface area contributed by atoms with Crippen LogP contribution in [-0.2, 0) is 9.53 Å². The van der Waals surface area contributed by atoms with Crippen molar-refractivity contribution in [2.75, 3.05) is 33.3 Å². The number of nitrogens with one attached hydrogen (secondary N) is 1. The van der Waals surface area contributed by atoms with Gasteiger partial charge in [0.15, 0.2) is 0 Å². The lowest BCUT2D eigenvalue weighted by Gasteiger charge is -2.31. The number of benzene rings is 1. The second kappa shape index (κ2) is 9.23. The number of hydrogen-bond acceptors (Lipinski definition) is 4. The third-order valence-corrected chi connectivity index (χ3v) is 4.37. The highest BCUT2D eigenvalue weighted by Crippen LogP contribution is 2.15. The molecule has 0 aliphatic carbocycles. The highest BCUT2D eigenvalue weighted by molar-refractivity contribution is 5.92. The molecule has 2 rings (SSSR count). The summed E-state index contributed by atoms with van der Waals surface area (Å²) in [5, 5.41) is 2.98. The minimum absolute atomic E-state index is 0.0827. The molecule has 1 heterocycles. The van der Waals surface area contributed by atoms with Crippen LogP contribution in [0.25, 0.3) is 6.08 Å². The van der Waals surface area contributed by atoms with Crippen molar-refractivity contribution >= 4 is 18.0 Å². The molecule has 5 nitrogen and oxygen atoms in total. The number of ether oxygens (including phenoxy) is 1. The number of carbonyl (C=O) groups excluding carboxylic acids is 2. The van der Waals surface area contributed by atoms with Crippen molar-refractivity contribution < 1.29 is 14.3 Å². The number of esters is 1. The molecule has 0 bridgehead atoms. The number of likely N-dealkylation sites (tertiary alicyclic amines) is 1. The fourth-order valence-corrected chi connectivity index (χ4v) is 2.93. The zero-order chi connectivity index (χ0) is 17.4. The highest BCUT2D eigenvalue weighted by atomic mass is 16.5. The summed E-state index contributed by atoms with van der Waals surface area (Å²) >= 11 is 0. The van der Waals surface area contributed by atoms with Crippen LogP contribution in [0.5, 0.6) is 0 Å². The van der Waals surface area contributed by atoms with E-state index in [0.29, 0.717) is 11.5 Å². The van der Waals surface area contributed by atoms with Crippen LogP contribution in [0, 0.1) is 5.92 Å². The average molecular weight is 330 g/mol. The van der Waals surface area contributed by atoms with Gasteiger partial charge >= 0.3 is 5.97 Å². The molecule has 0 radical (unpaired) electrons. The predicted octanol–water partition coefficient (Wildman–Crippen LogP) is 2.33. The fourth-order valence-electron chi connectivity index (χ4n) is 2.93. The maximum absolute atomic E-state index is 11.9. The van der Waals surface area contributed by atoms with Crippen molar-refractivity contribution in [2.24, 2.45) is 5.92 Å². The van der Waals surface area contributed by atoms with Gasteiger partial charge in [0, 0.05) is 19.2 Å². The Morgan fingerprint density at radius 2 is 2.08 bits per heavy atom. The molecule has 1 N–H and O–H groups in total. The predicted molar refractivity (Wildman–Crippen MR) is 94.7 cm³/mol. The molecule has 5 heteroatoms. The minimum atomic E-state index is -0.364. The molecule has 1 aliphatic rings. The van der Waals surface area contributed by atoms with Crippen LogP contribution in [0.1, 0.15) is 35.7 Å². The third-order valence-electron chi connectivity index (χ3n) is 4.37. The van der Waals surface area contributed by atoms with E-state index in [2.05, 4.69) is 21.9 Å². The first-order valence-corrected chi connectivity index (χ1v) is 8.49. The third kappa shape index (κ3) is 5.49. The first-order chi connectivity index (χ1) is 11.6. The summed E-state index contributed by atoms with van der Waals surface area (Å²) in [6.07, 6.45) is 5.66. The quantitative estimate of drug-likeness (QED) is 0.642. The molecule has 1 aromatic carbocycles. The molecule has 1 saturated heterocycles. The van der Waals surface area contributed by atoms with E-state index in [4.69, 9.17) is 0 Å². The van der Waals surface area contributed by atoms with Gasteiger partial charge in [-0.3, -0.25) is 4.79 Å². The van der Waals surface area contributed by atoms with Gasteiger partial charge < -0.3 is 15.0 Å². The first-order valence-electron chi connectivity index (χ1n) is 8.49. The number of rotatable bonds is 6. The van der Waals surface area contributed by atoms with Crippen LogP contribution in [0.4, 0.5) is 0 Å². The fraction of sp³-hybridized carbons (Fsp3) is 0.474. The van der Waals surface area contributed by atoms with E-state index in [1.54, 1.807) is 30.3 Å². The Balaban J connectivity index is 1.79. The van der Waals surface area contributed by atoms with Gasteiger partial charge in [-0.05, 0) is 55.6 Å². The Kier molecular flexibility index (Phi) is 7.00. The van der Waals surface area contributed by atoms with Gasteiger partial charge in [0.05, 0.1) is 12.7 Å². The molecule has 1 aromatic rings. The van der Waals surface area contributed by atoms with Crippen LogP contribution in [-0.4, -0.2) is 50.1 Å². The van der Waals surface area contributed by atoms with Gasteiger partial charge in [0.2, 0.25) is 5.91 Å². The molecular formula is C19H26N2O3. The Morgan fingerprint density at radius 1 is 1.33 bits per heavy atom. The van der Waals surface area contributed by atoms with E-state index in [1.807, 2.05) is 0 Å². The number of piperidine rings is 1. The molecule has 1 unspecified atom stereocenters. The Hall–Kier alpha value is -2.14. The lowest BCUT2D eigenvalue weighted by atomic mass is 9.98. The average Bonchev–Trinajstić information content (AvgIpc) is 2.64. The van der Waals surface area contributed by atoms with Gasteiger partial charge in [-0.1, -0.05) is 19.1 Å². The van der Waals surface area contributed by atoms with Gasteiger partial charge in [0.25, 0.3) is 0 Å². The van der Waals surface area contributed by atoms with Crippen molar-refractivity contribution in [1.82, 2.24) is 10.2 Å². The van der Waals surface area contributed by atoms with Crippen LogP contribution in [0.2, 0.25) is 0 Å². The Morgan fingerprint density at radius 3 is 2.75 bits per heavy atom. The second-order valence-corrected chi connectivity index (χ2v) is 6.09. The van der Waals surface area contributed by atoms with Crippen molar-refractivity contribution in [3.8, 4) is 0 Å². The minimum Gasteiger partial charge on any atom is -0.465 e. The molecule has 130 valence electrons. The van der Waals surface area contributed by atoms with Crippen molar-refractivity contribution in [2.45, 2.75) is 19.8 Å². The molecule has 1 fully saturated rings. The smallest absolute Gasteiger partial charge is 0.337 e. The van der Waals surface area contributed by atoms with E-state index >= 15 is 0 Å². The number of methoxy groups -OCH3 is 1. The van der Waals surface area contributed by atoms with Crippen molar-refractivity contribution in [3.63, 3.8) is 0 Å². The largest absolute Gasteiger partial charge is 0.465 e. The lowest BCUT2D eigenvalue weighted by molar-refractivity contribution is -0.116. The summed E-state index contributed by atoms with van der Waals surface area (Å²) in [5.74, 6) is 0.0907. The summed E-state index contributed by atoms with van der Waals surface area (Å²) in [4.78, 5) is 25.7. The zero-order valence-electron chi connectivity index (χ0n) is 14.5. The number of nitrogens with zero attached hydrogens (tertiary/aromatic N) is 1. The van der Waals surface area contributed by atoms with E-state index in [9.17, 15) is 9.59 Å². The molecule has 1 aliphatic heterocycles. The van der Waals surface area contributed by atoms with Crippen LogP contribution in [0.3, 0.4) is 0 Å². The Bertz CT molecular complexity index is 581. The molecule has 0 saturated carbocycles. The molecule has 0 aromatic heterocycles. The SMILES string of the molecule is CCN1CCCC(CNC(=O)/C=C/c2ccc(C(=O)OC)cc2)C1.